The number of anilines is 1. The summed E-state index contributed by atoms with van der Waals surface area (Å²) in [4.78, 5) is 33.5. The molecule has 1 aliphatic carbocycles. The monoisotopic (exact) mass is 505 g/mol. The number of para-hydroxylation sites is 1. The minimum absolute atomic E-state index is 0.0770. The molecule has 2 aromatic rings. The maximum absolute atomic E-state index is 13.9. The SMILES string of the molecule is CC(=O)N1CCC2CCCC(CN(C(=O)CCc3c(C)nn(C)c3C)Cc3ccccc31)N2CC1CC1. The third-order valence-corrected chi connectivity index (χ3v) is 8.92. The summed E-state index contributed by atoms with van der Waals surface area (Å²) < 4.78 is 1.91. The molecule has 37 heavy (non-hydrogen) atoms. The molecule has 7 nitrogen and oxygen atoms in total. The van der Waals surface area contributed by atoms with E-state index in [0.717, 1.165) is 61.0 Å². The van der Waals surface area contributed by atoms with Crippen LogP contribution in [0.15, 0.2) is 24.3 Å². The molecule has 2 amide bonds. The van der Waals surface area contributed by atoms with E-state index in [4.69, 9.17) is 0 Å². The Morgan fingerprint density at radius 3 is 2.49 bits per heavy atom. The lowest BCUT2D eigenvalue weighted by Crippen LogP contribution is -2.53. The molecule has 2 unspecified atom stereocenters. The van der Waals surface area contributed by atoms with E-state index in [-0.39, 0.29) is 11.8 Å². The van der Waals surface area contributed by atoms with Crippen LogP contribution < -0.4 is 4.90 Å². The Morgan fingerprint density at radius 2 is 1.78 bits per heavy atom. The molecule has 1 saturated carbocycles. The van der Waals surface area contributed by atoms with Gasteiger partial charge in [-0.25, -0.2) is 0 Å². The zero-order valence-corrected chi connectivity index (χ0v) is 23.1. The minimum atomic E-state index is 0.0770. The molecule has 2 atom stereocenters. The highest BCUT2D eigenvalue weighted by Gasteiger charge is 2.37. The van der Waals surface area contributed by atoms with Gasteiger partial charge in [-0.3, -0.25) is 19.2 Å². The van der Waals surface area contributed by atoms with Crippen molar-refractivity contribution in [3.63, 3.8) is 0 Å². The Hall–Kier alpha value is -2.67. The Bertz CT molecular complexity index is 1140. The first kappa shape index (κ1) is 26.0. The van der Waals surface area contributed by atoms with E-state index >= 15 is 0 Å². The molecule has 1 aromatic heterocycles. The Balaban J connectivity index is 1.45. The topological polar surface area (TPSA) is 61.7 Å². The highest BCUT2D eigenvalue weighted by atomic mass is 16.2. The van der Waals surface area contributed by atoms with Crippen LogP contribution in [0.3, 0.4) is 0 Å². The van der Waals surface area contributed by atoms with Crippen LogP contribution in [0.25, 0.3) is 0 Å². The van der Waals surface area contributed by atoms with Crippen molar-refractivity contribution < 1.29 is 9.59 Å². The second-order valence-electron chi connectivity index (χ2n) is 11.5. The fraction of sp³-hybridized carbons (Fsp3) is 0.633. The summed E-state index contributed by atoms with van der Waals surface area (Å²) in [6.07, 6.45) is 8.35. The fourth-order valence-corrected chi connectivity index (χ4v) is 6.54. The number of carbonyl (C=O) groups excluding carboxylic acids is 2. The number of hydrogen-bond donors (Lipinski definition) is 0. The molecule has 5 rings (SSSR count). The normalized spacial score (nSPS) is 22.9. The molecule has 200 valence electrons. The van der Waals surface area contributed by atoms with Gasteiger partial charge in [0.25, 0.3) is 0 Å². The van der Waals surface area contributed by atoms with Crippen LogP contribution in [0, 0.1) is 19.8 Å². The van der Waals surface area contributed by atoms with Crippen molar-refractivity contribution >= 4 is 17.5 Å². The number of rotatable bonds is 5. The Morgan fingerprint density at radius 1 is 1.03 bits per heavy atom. The second kappa shape index (κ2) is 11.0. The van der Waals surface area contributed by atoms with Crippen molar-refractivity contribution in [1.29, 1.82) is 0 Å². The minimum Gasteiger partial charge on any atom is -0.337 e. The third-order valence-electron chi connectivity index (χ3n) is 8.92. The van der Waals surface area contributed by atoms with Crippen LogP contribution in [0.4, 0.5) is 5.69 Å². The number of fused-ring (bicyclic) bond motifs is 3. The number of amides is 2. The summed E-state index contributed by atoms with van der Waals surface area (Å²) in [5.74, 6) is 1.07. The average molecular weight is 506 g/mol. The van der Waals surface area contributed by atoms with Gasteiger partial charge in [-0.15, -0.1) is 0 Å². The Labute approximate surface area is 221 Å². The number of nitrogens with zero attached hydrogens (tertiary/aromatic N) is 5. The number of aryl methyl sites for hydroxylation is 2. The van der Waals surface area contributed by atoms with Crippen LogP contribution >= 0.6 is 0 Å². The smallest absolute Gasteiger partial charge is 0.223 e. The number of aromatic nitrogens is 2. The summed E-state index contributed by atoms with van der Waals surface area (Å²) in [6.45, 7) is 8.96. The maximum Gasteiger partial charge on any atom is 0.223 e. The highest BCUT2D eigenvalue weighted by Crippen LogP contribution is 2.36. The van der Waals surface area contributed by atoms with E-state index in [0.29, 0.717) is 31.5 Å². The number of benzene rings is 1. The van der Waals surface area contributed by atoms with Gasteiger partial charge < -0.3 is 9.80 Å². The zero-order chi connectivity index (χ0) is 26.1. The van der Waals surface area contributed by atoms with E-state index in [9.17, 15) is 9.59 Å². The molecule has 1 aromatic carbocycles. The van der Waals surface area contributed by atoms with Gasteiger partial charge in [-0.2, -0.15) is 5.10 Å². The van der Waals surface area contributed by atoms with Crippen molar-refractivity contribution in [2.24, 2.45) is 13.0 Å². The van der Waals surface area contributed by atoms with E-state index in [2.05, 4.69) is 27.9 Å². The third kappa shape index (κ3) is 5.77. The lowest BCUT2D eigenvalue weighted by Gasteiger charge is -2.44. The van der Waals surface area contributed by atoms with Gasteiger partial charge in [-0.1, -0.05) is 24.6 Å². The molecule has 0 N–H and O–H groups in total. The van der Waals surface area contributed by atoms with Crippen LogP contribution in [0.1, 0.15) is 74.4 Å². The standard InChI is InChI=1S/C30H43N5O2/c1-21-28(22(2)32(4)31-21)14-15-30(37)33-19-25-8-5-6-11-29(25)34(23(3)36)17-16-26-9-7-10-27(20-33)35(26)18-24-12-13-24/h5-6,8,11,24,26-27H,7,9-10,12-20H2,1-4H3. The number of hydrogen-bond acceptors (Lipinski definition) is 4. The largest absolute Gasteiger partial charge is 0.337 e. The first-order valence-electron chi connectivity index (χ1n) is 14.2. The van der Waals surface area contributed by atoms with E-state index < -0.39 is 0 Å². The first-order chi connectivity index (χ1) is 17.8. The van der Waals surface area contributed by atoms with Gasteiger partial charge in [0, 0.05) is 70.0 Å². The van der Waals surface area contributed by atoms with E-state index in [1.165, 1.54) is 31.2 Å². The predicted molar refractivity (Wildman–Crippen MR) is 146 cm³/mol. The van der Waals surface area contributed by atoms with Crippen LogP contribution in [0.2, 0.25) is 0 Å². The maximum atomic E-state index is 13.9. The molecule has 3 aliphatic rings. The molecular formula is C30H43N5O2. The summed E-state index contributed by atoms with van der Waals surface area (Å²) in [5.41, 5.74) is 5.35. The summed E-state index contributed by atoms with van der Waals surface area (Å²) in [6, 6.07) is 9.04. The van der Waals surface area contributed by atoms with Crippen molar-refractivity contribution in [1.82, 2.24) is 19.6 Å². The molecule has 2 bridgehead atoms. The molecule has 3 heterocycles. The van der Waals surface area contributed by atoms with Gasteiger partial charge in [0.15, 0.2) is 0 Å². The highest BCUT2D eigenvalue weighted by molar-refractivity contribution is 5.92. The average Bonchev–Trinajstić information content (AvgIpc) is 3.65. The van der Waals surface area contributed by atoms with E-state index in [1.54, 1.807) is 6.92 Å². The lowest BCUT2D eigenvalue weighted by atomic mass is 9.92. The van der Waals surface area contributed by atoms with Gasteiger partial charge in [-0.05, 0) is 75.5 Å². The van der Waals surface area contributed by atoms with Crippen molar-refractivity contribution in [3.8, 4) is 0 Å². The van der Waals surface area contributed by atoms with Crippen molar-refractivity contribution in [3.05, 3.63) is 46.8 Å². The summed E-state index contributed by atoms with van der Waals surface area (Å²) in [5, 5.41) is 4.55. The van der Waals surface area contributed by atoms with Gasteiger partial charge in [0.1, 0.15) is 0 Å². The van der Waals surface area contributed by atoms with Gasteiger partial charge in [0.2, 0.25) is 11.8 Å². The molecule has 0 spiro atoms. The van der Waals surface area contributed by atoms with Crippen molar-refractivity contribution in [2.45, 2.75) is 90.8 Å². The number of piperidine rings is 1. The second-order valence-corrected chi connectivity index (χ2v) is 11.5. The molecular weight excluding hydrogens is 462 g/mol. The quantitative estimate of drug-likeness (QED) is 0.605. The van der Waals surface area contributed by atoms with Gasteiger partial charge >= 0.3 is 0 Å². The molecule has 1 saturated heterocycles. The van der Waals surface area contributed by atoms with Crippen LogP contribution in [0.5, 0.6) is 0 Å². The lowest BCUT2D eigenvalue weighted by molar-refractivity contribution is -0.133. The fourth-order valence-electron chi connectivity index (χ4n) is 6.54. The molecule has 2 aliphatic heterocycles. The first-order valence-corrected chi connectivity index (χ1v) is 14.2. The summed E-state index contributed by atoms with van der Waals surface area (Å²) in [7, 11) is 1.97. The van der Waals surface area contributed by atoms with Crippen LogP contribution in [-0.4, -0.2) is 63.1 Å². The molecule has 0 radical (unpaired) electrons. The van der Waals surface area contributed by atoms with Gasteiger partial charge in [0.05, 0.1) is 5.69 Å². The number of carbonyl (C=O) groups is 2. The van der Waals surface area contributed by atoms with Crippen molar-refractivity contribution in [2.75, 3.05) is 24.5 Å². The van der Waals surface area contributed by atoms with E-state index in [1.807, 2.05) is 41.8 Å². The molecule has 7 heteroatoms. The molecule has 2 fully saturated rings. The summed E-state index contributed by atoms with van der Waals surface area (Å²) >= 11 is 0. The van der Waals surface area contributed by atoms with Crippen LogP contribution in [-0.2, 0) is 29.6 Å². The predicted octanol–water partition coefficient (Wildman–Crippen LogP) is 4.39. The zero-order valence-electron chi connectivity index (χ0n) is 23.1. The Kier molecular flexibility index (Phi) is 7.70.